The third-order valence-electron chi connectivity index (χ3n) is 10.6. The van der Waals surface area contributed by atoms with Gasteiger partial charge in [0, 0.05) is 54.2 Å². The van der Waals surface area contributed by atoms with Gasteiger partial charge in [-0.25, -0.2) is 9.86 Å². The van der Waals surface area contributed by atoms with Crippen LogP contribution in [0.4, 0.5) is 5.69 Å². The molecular formula is C42H54N4O12S2. The van der Waals surface area contributed by atoms with Gasteiger partial charge >= 0.3 is 5.97 Å². The molecule has 4 rings (SSSR count). The van der Waals surface area contributed by atoms with E-state index in [1.807, 2.05) is 51.7 Å². The molecule has 1 fully saturated rings. The maximum Gasteiger partial charge on any atom is 0.361 e. The Kier molecular flexibility index (Phi) is 15.2. The Bertz CT molecular complexity index is 2320. The van der Waals surface area contributed by atoms with E-state index in [-0.39, 0.29) is 30.7 Å². The quantitative estimate of drug-likeness (QED) is 0.0425. The topological polar surface area (TPSA) is 218 Å². The highest BCUT2D eigenvalue weighted by atomic mass is 32.2. The summed E-state index contributed by atoms with van der Waals surface area (Å²) < 4.78 is 65.9. The minimum atomic E-state index is -4.49. The third-order valence-corrected chi connectivity index (χ3v) is 12.2. The van der Waals surface area contributed by atoms with Gasteiger partial charge < -0.3 is 9.74 Å². The van der Waals surface area contributed by atoms with Gasteiger partial charge in [-0.2, -0.15) is 16.8 Å². The number of benzene rings is 1. The Balaban J connectivity index is 1.56. The highest BCUT2D eigenvalue weighted by Gasteiger charge is 2.41. The highest BCUT2D eigenvalue weighted by molar-refractivity contribution is 7.86. The minimum Gasteiger partial charge on any atom is -0.344 e. The van der Waals surface area contributed by atoms with Crippen LogP contribution in [0, 0.1) is 5.41 Å². The summed E-state index contributed by atoms with van der Waals surface area (Å²) in [6, 6.07) is 4.24. The maximum absolute atomic E-state index is 13.9. The molecule has 0 aromatic heterocycles. The van der Waals surface area contributed by atoms with Gasteiger partial charge in [-0.15, -0.1) is 5.06 Å². The molecule has 0 aliphatic carbocycles. The molecule has 0 unspecified atom stereocenters. The molecule has 326 valence electrons. The van der Waals surface area contributed by atoms with E-state index < -0.39 is 67.1 Å². The number of unbranched alkanes of at least 4 members (excludes halogenated alkanes) is 2. The number of hydroxylamine groups is 4. The van der Waals surface area contributed by atoms with Crippen LogP contribution in [0.25, 0.3) is 0 Å². The van der Waals surface area contributed by atoms with Crippen molar-refractivity contribution in [2.24, 2.45) is 10.4 Å². The molecule has 0 bridgehead atoms. The normalized spacial score (nSPS) is 19.6. The predicted octanol–water partition coefficient (Wildman–Crippen LogP) is 6.12. The average molecular weight is 871 g/mol. The van der Waals surface area contributed by atoms with Crippen molar-refractivity contribution in [3.05, 3.63) is 94.9 Å². The molecular weight excluding hydrogens is 817 g/mol. The van der Waals surface area contributed by atoms with Crippen LogP contribution in [0.15, 0.2) is 99.2 Å². The van der Waals surface area contributed by atoms with E-state index in [4.69, 9.17) is 14.7 Å². The van der Waals surface area contributed by atoms with Crippen LogP contribution < -0.4 is 4.90 Å². The first kappa shape index (κ1) is 47.7. The van der Waals surface area contributed by atoms with Crippen LogP contribution in [0.1, 0.15) is 92.1 Å². The first-order chi connectivity index (χ1) is 27.9. The summed E-state index contributed by atoms with van der Waals surface area (Å²) in [6.07, 6.45) is 14.1. The standard InChI is InChI=1S/C42H54N4O12S2/c1-9-10-12-16-28(2)31(40(50)44(8)57-27-39(49)58-46-37(47)21-22-38(46)48)26-32-29(3)43-35(41(32,4)5)17-13-11-14-18-36-42(6,7)33-25-30(60(54,55)56)19-20-34(33)45(36)23-15-24-59(51,52)53/h11,13-14,17-20,25-26H,3,9-10,12,15-16,21-24,27H2,1-2,4-8H3,(H,51,52,53)(H,54,55,56)/b14-11+,17-13+,31-28-,32-26+,36-18+. The van der Waals surface area contributed by atoms with Gasteiger partial charge in [0.05, 0.1) is 22.1 Å². The smallest absolute Gasteiger partial charge is 0.344 e. The number of rotatable bonds is 18. The number of hydrogen-bond acceptors (Lipinski definition) is 12. The van der Waals surface area contributed by atoms with E-state index in [2.05, 4.69) is 13.5 Å². The molecule has 2 N–H and O–H groups in total. The number of fused-ring (bicyclic) bond motifs is 1. The minimum absolute atomic E-state index is 0.0610. The summed E-state index contributed by atoms with van der Waals surface area (Å²) in [5.74, 6) is -3.31. The van der Waals surface area contributed by atoms with Crippen molar-refractivity contribution in [1.82, 2.24) is 10.1 Å². The Morgan fingerprint density at radius 1 is 0.983 bits per heavy atom. The molecule has 0 spiro atoms. The zero-order valence-electron chi connectivity index (χ0n) is 35.1. The lowest BCUT2D eigenvalue weighted by atomic mass is 9.79. The van der Waals surface area contributed by atoms with Gasteiger partial charge in [0.15, 0.2) is 6.61 Å². The molecule has 18 heteroatoms. The zero-order chi connectivity index (χ0) is 44.8. The molecule has 60 heavy (non-hydrogen) atoms. The molecule has 0 atom stereocenters. The summed E-state index contributed by atoms with van der Waals surface area (Å²) in [5, 5.41) is 1.31. The van der Waals surface area contributed by atoms with Crippen molar-refractivity contribution in [2.45, 2.75) is 96.8 Å². The lowest BCUT2D eigenvalue weighted by molar-refractivity contribution is -0.211. The Hall–Kier alpha value is -5.01. The van der Waals surface area contributed by atoms with Gasteiger partial charge in [-0.05, 0) is 73.7 Å². The van der Waals surface area contributed by atoms with Gasteiger partial charge in [-0.3, -0.25) is 33.3 Å². The van der Waals surface area contributed by atoms with E-state index in [1.54, 1.807) is 30.4 Å². The van der Waals surface area contributed by atoms with Crippen molar-refractivity contribution in [3.8, 4) is 0 Å². The first-order valence-electron chi connectivity index (χ1n) is 19.5. The number of carbonyl (C=O) groups excluding carboxylic acids is 4. The largest absolute Gasteiger partial charge is 0.361 e. The average Bonchev–Trinajstić information content (AvgIpc) is 3.67. The molecule has 1 aromatic carbocycles. The number of anilines is 1. The molecule has 3 amide bonds. The number of allylic oxidation sites excluding steroid dienone is 8. The van der Waals surface area contributed by atoms with Crippen LogP contribution in [0.2, 0.25) is 0 Å². The van der Waals surface area contributed by atoms with Crippen LogP contribution >= 0.6 is 0 Å². The summed E-state index contributed by atoms with van der Waals surface area (Å²) >= 11 is 0. The van der Waals surface area contributed by atoms with Gasteiger partial charge in [0.2, 0.25) is 0 Å². The zero-order valence-corrected chi connectivity index (χ0v) is 36.7. The third kappa shape index (κ3) is 11.4. The molecule has 3 aliphatic heterocycles. The van der Waals surface area contributed by atoms with Crippen molar-refractivity contribution < 1.29 is 54.8 Å². The van der Waals surface area contributed by atoms with Crippen molar-refractivity contribution in [3.63, 3.8) is 0 Å². The number of carbonyl (C=O) groups is 4. The Labute approximate surface area is 352 Å². The SMILES string of the molecule is C=C1N=C(/C=C/C=C/C=C2/N(CCCS(=O)(=O)O)c3ccc(S(=O)(=O)O)cc3C2(C)C)C(C)(C)/C1=C/C(C(=O)N(C)OCC(=O)ON1C(=O)CCC1=O)=C(\C)CCCCC. The van der Waals surface area contributed by atoms with Crippen LogP contribution in [0.5, 0.6) is 0 Å². The lowest BCUT2D eigenvalue weighted by Gasteiger charge is -2.27. The fraction of sp³-hybridized carbons (Fsp3) is 0.452. The Morgan fingerprint density at radius 3 is 2.27 bits per heavy atom. The van der Waals surface area contributed by atoms with Crippen molar-refractivity contribution in [1.29, 1.82) is 0 Å². The van der Waals surface area contributed by atoms with E-state index in [0.29, 0.717) is 45.3 Å². The number of likely N-dealkylation sites (N-methyl/N-ethyl adjacent to an activating group) is 1. The summed E-state index contributed by atoms with van der Waals surface area (Å²) in [5.41, 5.74) is 3.40. The van der Waals surface area contributed by atoms with Crippen molar-refractivity contribution in [2.75, 3.05) is 30.9 Å². The first-order valence-corrected chi connectivity index (χ1v) is 22.5. The van der Waals surface area contributed by atoms with Crippen LogP contribution in [0.3, 0.4) is 0 Å². The number of nitrogens with zero attached hydrogens (tertiary/aromatic N) is 4. The lowest BCUT2D eigenvalue weighted by Crippen LogP contribution is -2.36. The molecule has 3 heterocycles. The second kappa shape index (κ2) is 19.1. The molecule has 3 aliphatic rings. The van der Waals surface area contributed by atoms with E-state index in [1.165, 1.54) is 19.2 Å². The van der Waals surface area contributed by atoms with Crippen LogP contribution in [-0.4, -0.2) is 91.4 Å². The fourth-order valence-corrected chi connectivity index (χ4v) is 8.12. The van der Waals surface area contributed by atoms with Crippen LogP contribution in [-0.2, 0) is 54.5 Å². The number of hydrogen-bond donors (Lipinski definition) is 2. The summed E-state index contributed by atoms with van der Waals surface area (Å²) in [4.78, 5) is 66.5. The fourth-order valence-electron chi connectivity index (χ4n) is 7.12. The van der Waals surface area contributed by atoms with E-state index in [9.17, 15) is 45.1 Å². The molecule has 0 saturated carbocycles. The van der Waals surface area contributed by atoms with Gasteiger partial charge in [0.25, 0.3) is 38.0 Å². The van der Waals surface area contributed by atoms with Gasteiger partial charge in [-0.1, -0.05) is 77.8 Å². The summed E-state index contributed by atoms with van der Waals surface area (Å²) in [6.45, 7) is 15.2. The molecule has 1 saturated heterocycles. The number of amides is 3. The highest BCUT2D eigenvalue weighted by Crippen LogP contribution is 2.48. The van der Waals surface area contributed by atoms with Crippen molar-refractivity contribution >= 4 is 55.3 Å². The second-order valence-electron chi connectivity index (χ2n) is 15.8. The summed E-state index contributed by atoms with van der Waals surface area (Å²) in [7, 11) is -7.35. The molecule has 0 radical (unpaired) electrons. The monoisotopic (exact) mass is 870 g/mol. The van der Waals surface area contributed by atoms with E-state index >= 15 is 0 Å². The predicted molar refractivity (Wildman–Crippen MR) is 225 cm³/mol. The second-order valence-corrected chi connectivity index (χ2v) is 18.8. The Morgan fingerprint density at radius 2 is 1.65 bits per heavy atom. The van der Waals surface area contributed by atoms with Gasteiger partial charge in [0.1, 0.15) is 0 Å². The number of imide groups is 1. The maximum atomic E-state index is 13.9. The van der Waals surface area contributed by atoms with E-state index in [0.717, 1.165) is 35.6 Å². The molecule has 1 aromatic rings. The number of aliphatic imine (C=N–C) groups is 1. The molecule has 16 nitrogen and oxygen atoms in total.